The lowest BCUT2D eigenvalue weighted by atomic mass is 10.2. The molecule has 0 bridgehead atoms. The number of hydrogen-bond acceptors (Lipinski definition) is 6. The van der Waals surface area contributed by atoms with E-state index in [0.29, 0.717) is 5.69 Å². The summed E-state index contributed by atoms with van der Waals surface area (Å²) in [5.74, 6) is -0.559. The van der Waals surface area contributed by atoms with Crippen molar-refractivity contribution in [3.8, 4) is 17.8 Å². The highest BCUT2D eigenvalue weighted by Crippen LogP contribution is 2.18. The number of nitriles is 2. The van der Waals surface area contributed by atoms with E-state index < -0.39 is 11.5 Å². The molecule has 0 saturated heterocycles. The number of halogens is 1. The zero-order valence-corrected chi connectivity index (χ0v) is 9.45. The molecule has 1 N–H and O–H groups in total. The number of nitrogens with one attached hydrogen (secondary N) is 1. The molecular formula is C11H6FN7. The van der Waals surface area contributed by atoms with Gasteiger partial charge in [-0.05, 0) is 18.2 Å². The van der Waals surface area contributed by atoms with Crippen molar-refractivity contribution < 1.29 is 4.39 Å². The third kappa shape index (κ3) is 2.70. The van der Waals surface area contributed by atoms with E-state index in [1.54, 1.807) is 16.7 Å². The Morgan fingerprint density at radius 1 is 1.26 bits per heavy atom. The number of hydrogen-bond donors (Lipinski definition) is 1. The molecule has 0 unspecified atom stereocenters. The molecule has 1 aromatic carbocycles. The van der Waals surface area contributed by atoms with Crippen molar-refractivity contribution in [1.29, 1.82) is 10.5 Å². The monoisotopic (exact) mass is 255 g/mol. The van der Waals surface area contributed by atoms with Crippen molar-refractivity contribution in [2.45, 2.75) is 0 Å². The van der Waals surface area contributed by atoms with E-state index in [9.17, 15) is 4.39 Å². The SMILES string of the molecule is N#CC(C#N)=NNc1cc(-n2cnnc2)ccc1F. The van der Waals surface area contributed by atoms with Gasteiger partial charge in [0.25, 0.3) is 0 Å². The van der Waals surface area contributed by atoms with E-state index in [0.717, 1.165) is 0 Å². The number of nitrogens with zero attached hydrogens (tertiary/aromatic N) is 6. The second kappa shape index (κ2) is 5.38. The van der Waals surface area contributed by atoms with Crippen molar-refractivity contribution in [1.82, 2.24) is 14.8 Å². The third-order valence-electron chi connectivity index (χ3n) is 2.17. The summed E-state index contributed by atoms with van der Waals surface area (Å²) < 4.78 is 15.1. The lowest BCUT2D eigenvalue weighted by Crippen LogP contribution is -2.00. The summed E-state index contributed by atoms with van der Waals surface area (Å²) in [5.41, 5.74) is 2.58. The third-order valence-corrected chi connectivity index (χ3v) is 2.17. The van der Waals surface area contributed by atoms with Crippen LogP contribution < -0.4 is 5.43 Å². The molecule has 92 valence electrons. The Labute approximate surface area is 107 Å². The van der Waals surface area contributed by atoms with Crippen LogP contribution in [0.4, 0.5) is 10.1 Å². The van der Waals surface area contributed by atoms with Crippen molar-refractivity contribution in [3.63, 3.8) is 0 Å². The van der Waals surface area contributed by atoms with Crippen molar-refractivity contribution in [2.24, 2.45) is 5.10 Å². The van der Waals surface area contributed by atoms with Crippen LogP contribution >= 0.6 is 0 Å². The smallest absolute Gasteiger partial charge is 0.237 e. The molecule has 0 aliphatic carbocycles. The number of anilines is 1. The van der Waals surface area contributed by atoms with Gasteiger partial charge in [-0.2, -0.15) is 15.6 Å². The zero-order valence-electron chi connectivity index (χ0n) is 9.45. The molecule has 0 fully saturated rings. The quantitative estimate of drug-likeness (QED) is 0.656. The molecule has 0 aliphatic heterocycles. The first-order valence-corrected chi connectivity index (χ1v) is 5.03. The Kier molecular flexibility index (Phi) is 3.46. The maximum atomic E-state index is 13.5. The van der Waals surface area contributed by atoms with Gasteiger partial charge in [0.15, 0.2) is 0 Å². The molecule has 19 heavy (non-hydrogen) atoms. The molecule has 0 radical (unpaired) electrons. The normalized spacial score (nSPS) is 9.21. The summed E-state index contributed by atoms with van der Waals surface area (Å²) in [4.78, 5) is 0. The number of rotatable bonds is 3. The van der Waals surface area contributed by atoms with Gasteiger partial charge in [0, 0.05) is 0 Å². The van der Waals surface area contributed by atoms with Gasteiger partial charge in [-0.3, -0.25) is 9.99 Å². The average molecular weight is 255 g/mol. The largest absolute Gasteiger partial charge is 0.288 e. The van der Waals surface area contributed by atoms with Crippen molar-refractivity contribution >= 4 is 11.4 Å². The van der Waals surface area contributed by atoms with Gasteiger partial charge in [-0.15, -0.1) is 10.2 Å². The van der Waals surface area contributed by atoms with Gasteiger partial charge in [-0.1, -0.05) is 0 Å². The van der Waals surface area contributed by atoms with Gasteiger partial charge in [0.05, 0.1) is 11.4 Å². The molecule has 8 heteroatoms. The zero-order chi connectivity index (χ0) is 13.7. The molecule has 0 spiro atoms. The van der Waals surface area contributed by atoms with Crippen molar-refractivity contribution in [3.05, 3.63) is 36.7 Å². The van der Waals surface area contributed by atoms with E-state index in [1.807, 2.05) is 0 Å². The lowest BCUT2D eigenvalue weighted by molar-refractivity contribution is 0.630. The van der Waals surface area contributed by atoms with Gasteiger partial charge in [-0.25, -0.2) is 4.39 Å². The minimum Gasteiger partial charge on any atom is -0.288 e. The first kappa shape index (κ1) is 12.2. The Morgan fingerprint density at radius 2 is 1.95 bits per heavy atom. The van der Waals surface area contributed by atoms with Crippen LogP contribution in [0.15, 0.2) is 36.0 Å². The van der Waals surface area contributed by atoms with E-state index in [2.05, 4.69) is 20.7 Å². The Morgan fingerprint density at radius 3 is 2.58 bits per heavy atom. The van der Waals surface area contributed by atoms with Crippen LogP contribution in [0, 0.1) is 28.5 Å². The molecule has 0 aliphatic rings. The fourth-order valence-electron chi connectivity index (χ4n) is 1.28. The van der Waals surface area contributed by atoms with Crippen LogP contribution in [-0.4, -0.2) is 20.5 Å². The molecule has 2 rings (SSSR count). The van der Waals surface area contributed by atoms with E-state index >= 15 is 0 Å². The topological polar surface area (TPSA) is 103 Å². The van der Waals surface area contributed by atoms with Crippen LogP contribution in [0.25, 0.3) is 5.69 Å². The molecule has 1 heterocycles. The fourth-order valence-corrected chi connectivity index (χ4v) is 1.28. The van der Waals surface area contributed by atoms with Crippen LogP contribution in [-0.2, 0) is 0 Å². The summed E-state index contributed by atoms with van der Waals surface area (Å²) in [6.45, 7) is 0. The van der Waals surface area contributed by atoms with E-state index in [1.165, 1.54) is 30.9 Å². The van der Waals surface area contributed by atoms with Gasteiger partial charge >= 0.3 is 0 Å². The van der Waals surface area contributed by atoms with E-state index in [4.69, 9.17) is 10.5 Å². The highest BCUT2D eigenvalue weighted by molar-refractivity contribution is 6.10. The molecule has 1 aromatic heterocycles. The minimum absolute atomic E-state index is 0.0363. The van der Waals surface area contributed by atoms with Crippen LogP contribution in [0.1, 0.15) is 0 Å². The van der Waals surface area contributed by atoms with Crippen LogP contribution in [0.3, 0.4) is 0 Å². The molecule has 2 aromatic rings. The van der Waals surface area contributed by atoms with Gasteiger partial charge < -0.3 is 0 Å². The summed E-state index contributed by atoms with van der Waals surface area (Å²) in [7, 11) is 0. The molecule has 7 nitrogen and oxygen atoms in total. The average Bonchev–Trinajstić information content (AvgIpc) is 2.96. The standard InChI is InChI=1S/C11H6FN7/c12-10-2-1-9(19-6-15-16-7-19)3-11(10)18-17-8(4-13)5-14/h1-3,6-7,18H. The first-order chi connectivity index (χ1) is 9.24. The van der Waals surface area contributed by atoms with E-state index in [-0.39, 0.29) is 5.69 Å². The number of aromatic nitrogens is 3. The summed E-state index contributed by atoms with van der Waals surface area (Å²) >= 11 is 0. The Hall–Kier alpha value is -3.26. The summed E-state index contributed by atoms with van der Waals surface area (Å²) in [5, 5.41) is 27.8. The molecular weight excluding hydrogens is 249 g/mol. The predicted octanol–water partition coefficient (Wildman–Crippen LogP) is 1.22. The van der Waals surface area contributed by atoms with Gasteiger partial charge in [0.1, 0.15) is 30.6 Å². The maximum Gasteiger partial charge on any atom is 0.237 e. The predicted molar refractivity (Wildman–Crippen MR) is 63.6 cm³/mol. The highest BCUT2D eigenvalue weighted by atomic mass is 19.1. The highest BCUT2D eigenvalue weighted by Gasteiger charge is 2.05. The second-order valence-electron chi connectivity index (χ2n) is 3.33. The summed E-state index contributed by atoms with van der Waals surface area (Å²) in [6, 6.07) is 7.34. The first-order valence-electron chi connectivity index (χ1n) is 5.03. The second-order valence-corrected chi connectivity index (χ2v) is 3.33. The Balaban J connectivity index is 2.32. The Bertz CT molecular complexity index is 675. The maximum absolute atomic E-state index is 13.5. The van der Waals surface area contributed by atoms with Gasteiger partial charge in [0.2, 0.25) is 5.71 Å². The number of hydrazone groups is 1. The fraction of sp³-hybridized carbons (Fsp3) is 0. The van der Waals surface area contributed by atoms with Crippen molar-refractivity contribution in [2.75, 3.05) is 5.43 Å². The molecule has 0 atom stereocenters. The minimum atomic E-state index is -0.559. The molecule has 0 saturated carbocycles. The lowest BCUT2D eigenvalue weighted by Gasteiger charge is -2.06. The van der Waals surface area contributed by atoms with Crippen LogP contribution in [0.2, 0.25) is 0 Å². The molecule has 0 amide bonds. The summed E-state index contributed by atoms with van der Waals surface area (Å²) in [6.07, 6.45) is 2.91. The number of benzene rings is 1. The van der Waals surface area contributed by atoms with Crippen LogP contribution in [0.5, 0.6) is 0 Å².